The summed E-state index contributed by atoms with van der Waals surface area (Å²) in [6.07, 6.45) is 5.60. The molecule has 0 rings (SSSR count). The minimum absolute atomic E-state index is 0.770. The van der Waals surface area contributed by atoms with Gasteiger partial charge in [0.15, 0.2) is 0 Å². The van der Waals surface area contributed by atoms with Crippen molar-refractivity contribution in [3.05, 3.63) is 0 Å². The molecule has 0 heterocycles. The van der Waals surface area contributed by atoms with E-state index in [0.717, 1.165) is 12.8 Å². The maximum absolute atomic E-state index is 10.0. The van der Waals surface area contributed by atoms with Crippen LogP contribution in [0.25, 0.3) is 0 Å². The first-order valence-electron chi connectivity index (χ1n) is 6.03. The van der Waals surface area contributed by atoms with Gasteiger partial charge in [0.05, 0.1) is 0 Å². The molecule has 0 aliphatic rings. The van der Waals surface area contributed by atoms with Crippen molar-refractivity contribution < 1.29 is 5.11 Å². The Morgan fingerprint density at radius 3 is 2.20 bits per heavy atom. The van der Waals surface area contributed by atoms with Crippen LogP contribution in [0.3, 0.4) is 0 Å². The van der Waals surface area contributed by atoms with Crippen LogP contribution >= 0.6 is 0 Å². The molecule has 1 N–H and O–H groups in total. The largest absolute Gasteiger partial charge is 0.378 e. The fourth-order valence-electron chi connectivity index (χ4n) is 1.28. The molecule has 0 aromatic heterocycles. The van der Waals surface area contributed by atoms with Gasteiger partial charge in [-0.1, -0.05) is 51.7 Å². The molecule has 0 bridgehead atoms. The lowest BCUT2D eigenvalue weighted by Crippen LogP contribution is -2.24. The van der Waals surface area contributed by atoms with Crippen molar-refractivity contribution in [1.29, 1.82) is 0 Å². The summed E-state index contributed by atoms with van der Waals surface area (Å²) in [4.78, 5) is 0. The number of unbranched alkanes of at least 4 members (excludes halogenated alkanes) is 3. The molecule has 0 aromatic carbocycles. The van der Waals surface area contributed by atoms with Crippen LogP contribution in [0.15, 0.2) is 0 Å². The van der Waals surface area contributed by atoms with Crippen LogP contribution in [-0.4, -0.2) is 18.8 Å². The van der Waals surface area contributed by atoms with Crippen LogP contribution in [0, 0.1) is 11.5 Å². The highest BCUT2D eigenvalue weighted by Crippen LogP contribution is 2.14. The highest BCUT2D eigenvalue weighted by Gasteiger charge is 2.17. The van der Waals surface area contributed by atoms with Crippen LogP contribution in [-0.2, 0) is 0 Å². The van der Waals surface area contributed by atoms with E-state index >= 15 is 0 Å². The topological polar surface area (TPSA) is 20.2 Å². The molecule has 1 nitrogen and oxygen atoms in total. The maximum atomic E-state index is 10.0. The third-order valence-corrected chi connectivity index (χ3v) is 3.10. The summed E-state index contributed by atoms with van der Waals surface area (Å²) in [5.41, 5.74) is 2.47. The second kappa shape index (κ2) is 6.35. The Kier molecular flexibility index (Phi) is 6.24. The predicted molar refractivity (Wildman–Crippen MR) is 70.5 cm³/mol. The SMILES string of the molecule is CCCCCCC(C)(O)C#C[Si](C)(C)C. The van der Waals surface area contributed by atoms with Crippen LogP contribution in [0.1, 0.15) is 46.0 Å². The molecular formula is C13H26OSi. The van der Waals surface area contributed by atoms with Gasteiger partial charge in [0.25, 0.3) is 0 Å². The monoisotopic (exact) mass is 226 g/mol. The van der Waals surface area contributed by atoms with Crippen molar-refractivity contribution in [2.45, 2.75) is 71.2 Å². The second-order valence-electron chi connectivity index (χ2n) is 5.58. The van der Waals surface area contributed by atoms with E-state index < -0.39 is 13.7 Å². The molecule has 0 aliphatic carbocycles. The zero-order valence-electron chi connectivity index (χ0n) is 11.0. The average molecular weight is 226 g/mol. The molecule has 1 unspecified atom stereocenters. The van der Waals surface area contributed by atoms with Crippen LogP contribution in [0.2, 0.25) is 19.6 Å². The summed E-state index contributed by atoms with van der Waals surface area (Å²) < 4.78 is 0. The lowest BCUT2D eigenvalue weighted by Gasteiger charge is -2.17. The molecule has 88 valence electrons. The van der Waals surface area contributed by atoms with Gasteiger partial charge in [0, 0.05) is 0 Å². The fourth-order valence-corrected chi connectivity index (χ4v) is 1.92. The fraction of sp³-hybridized carbons (Fsp3) is 0.846. The quantitative estimate of drug-likeness (QED) is 0.431. The zero-order chi connectivity index (χ0) is 11.9. The van der Waals surface area contributed by atoms with Crippen molar-refractivity contribution in [3.63, 3.8) is 0 Å². The van der Waals surface area contributed by atoms with E-state index in [4.69, 9.17) is 0 Å². The Morgan fingerprint density at radius 2 is 1.73 bits per heavy atom. The van der Waals surface area contributed by atoms with E-state index in [-0.39, 0.29) is 0 Å². The van der Waals surface area contributed by atoms with Gasteiger partial charge < -0.3 is 5.11 Å². The first kappa shape index (κ1) is 14.7. The van der Waals surface area contributed by atoms with Gasteiger partial charge in [-0.05, 0) is 19.8 Å². The van der Waals surface area contributed by atoms with E-state index in [1.807, 2.05) is 6.92 Å². The van der Waals surface area contributed by atoms with Crippen molar-refractivity contribution >= 4 is 8.07 Å². The molecule has 0 spiro atoms. The first-order valence-corrected chi connectivity index (χ1v) is 9.53. The average Bonchev–Trinajstić information content (AvgIpc) is 2.09. The molecule has 1 atom stereocenters. The molecule has 0 fully saturated rings. The lowest BCUT2D eigenvalue weighted by molar-refractivity contribution is 0.109. The molecule has 0 amide bonds. The first-order chi connectivity index (χ1) is 6.77. The summed E-state index contributed by atoms with van der Waals surface area (Å²) in [5.74, 6) is 3.04. The third-order valence-electron chi connectivity index (χ3n) is 2.22. The Balaban J connectivity index is 4.00. The smallest absolute Gasteiger partial charge is 0.129 e. The zero-order valence-corrected chi connectivity index (χ0v) is 12.0. The molecule has 15 heavy (non-hydrogen) atoms. The molecule has 0 aliphatic heterocycles. The van der Waals surface area contributed by atoms with Crippen molar-refractivity contribution in [2.75, 3.05) is 0 Å². The Hall–Kier alpha value is -0.263. The van der Waals surface area contributed by atoms with Crippen LogP contribution in [0.4, 0.5) is 0 Å². The van der Waals surface area contributed by atoms with Crippen LogP contribution < -0.4 is 0 Å². The highest BCUT2D eigenvalue weighted by molar-refractivity contribution is 6.83. The van der Waals surface area contributed by atoms with E-state index in [1.165, 1.54) is 19.3 Å². The van der Waals surface area contributed by atoms with E-state index in [0.29, 0.717) is 0 Å². The minimum Gasteiger partial charge on any atom is -0.378 e. The van der Waals surface area contributed by atoms with Gasteiger partial charge in [-0.15, -0.1) is 5.54 Å². The summed E-state index contributed by atoms with van der Waals surface area (Å²) in [6.45, 7) is 10.6. The summed E-state index contributed by atoms with van der Waals surface area (Å²) in [7, 11) is -1.34. The van der Waals surface area contributed by atoms with E-state index in [2.05, 4.69) is 38.0 Å². The summed E-state index contributed by atoms with van der Waals surface area (Å²) >= 11 is 0. The van der Waals surface area contributed by atoms with Crippen molar-refractivity contribution in [2.24, 2.45) is 0 Å². The number of hydrogen-bond acceptors (Lipinski definition) is 1. The number of rotatable bonds is 5. The number of hydrogen-bond donors (Lipinski definition) is 1. The molecule has 0 saturated carbocycles. The van der Waals surface area contributed by atoms with Gasteiger partial charge >= 0.3 is 0 Å². The summed E-state index contributed by atoms with van der Waals surface area (Å²) in [5, 5.41) is 10.0. The maximum Gasteiger partial charge on any atom is 0.129 e. The van der Waals surface area contributed by atoms with E-state index in [1.54, 1.807) is 0 Å². The van der Waals surface area contributed by atoms with Gasteiger partial charge in [0.1, 0.15) is 13.7 Å². The molecule has 2 heteroatoms. The van der Waals surface area contributed by atoms with Crippen LogP contribution in [0.5, 0.6) is 0 Å². The molecule has 0 saturated heterocycles. The highest BCUT2D eigenvalue weighted by atomic mass is 28.3. The Bertz CT molecular complexity index is 227. The summed E-state index contributed by atoms with van der Waals surface area (Å²) in [6, 6.07) is 0. The second-order valence-corrected chi connectivity index (χ2v) is 10.3. The predicted octanol–water partition coefficient (Wildman–Crippen LogP) is 3.59. The van der Waals surface area contributed by atoms with E-state index in [9.17, 15) is 5.11 Å². The Labute approximate surface area is 96.3 Å². The molecule has 0 aromatic rings. The van der Waals surface area contributed by atoms with Gasteiger partial charge in [-0.3, -0.25) is 0 Å². The Morgan fingerprint density at radius 1 is 1.13 bits per heavy atom. The third kappa shape index (κ3) is 10.0. The van der Waals surface area contributed by atoms with Gasteiger partial charge in [-0.2, -0.15) is 0 Å². The lowest BCUT2D eigenvalue weighted by atomic mass is 9.99. The van der Waals surface area contributed by atoms with Gasteiger partial charge in [0.2, 0.25) is 0 Å². The van der Waals surface area contributed by atoms with Crippen molar-refractivity contribution in [1.82, 2.24) is 0 Å². The van der Waals surface area contributed by atoms with Gasteiger partial charge in [-0.25, -0.2) is 0 Å². The molecular weight excluding hydrogens is 200 g/mol. The molecule has 0 radical (unpaired) electrons. The normalized spacial score (nSPS) is 15.3. The standard InChI is InChI=1S/C13H26OSi/c1-6-7-8-9-10-13(2,14)11-12-15(3,4)5/h14H,6-10H2,1-5H3. The van der Waals surface area contributed by atoms with Crippen molar-refractivity contribution in [3.8, 4) is 11.5 Å². The minimum atomic E-state index is -1.34. The number of aliphatic hydroxyl groups is 1.